The normalized spacial score (nSPS) is 11.7. The van der Waals surface area contributed by atoms with Crippen LogP contribution in [0.1, 0.15) is 16.7 Å². The van der Waals surface area contributed by atoms with Gasteiger partial charge in [0.15, 0.2) is 0 Å². The van der Waals surface area contributed by atoms with Crippen molar-refractivity contribution in [2.24, 2.45) is 0 Å². The van der Waals surface area contributed by atoms with E-state index >= 15 is 0 Å². The summed E-state index contributed by atoms with van der Waals surface area (Å²) in [6.07, 6.45) is 0. The lowest BCUT2D eigenvalue weighted by molar-refractivity contribution is 0.186. The van der Waals surface area contributed by atoms with Gasteiger partial charge in [0, 0.05) is 0 Å². The molecule has 0 amide bonds. The van der Waals surface area contributed by atoms with E-state index in [-0.39, 0.29) is 13.2 Å². The van der Waals surface area contributed by atoms with Crippen LogP contribution >= 0.6 is 7.82 Å². The number of hydrogen-bond donors (Lipinski definition) is 3. The van der Waals surface area contributed by atoms with Crippen molar-refractivity contribution in [1.29, 1.82) is 0 Å². The smallest absolute Gasteiger partial charge is 0.392 e. The Morgan fingerprint density at radius 2 is 2.07 bits per heavy atom. The molecule has 6 heteroatoms. The molecule has 0 bridgehead atoms. The molecule has 0 fully saturated rings. The van der Waals surface area contributed by atoms with Gasteiger partial charge in [0.1, 0.15) is 0 Å². The van der Waals surface area contributed by atoms with Crippen LogP contribution in [0, 0.1) is 6.92 Å². The van der Waals surface area contributed by atoms with E-state index in [0.717, 1.165) is 5.56 Å². The number of phosphoric ester groups is 1. The Morgan fingerprint density at radius 3 is 2.60 bits per heavy atom. The lowest BCUT2D eigenvalue weighted by Crippen LogP contribution is -1.99. The summed E-state index contributed by atoms with van der Waals surface area (Å²) in [6, 6.07) is 5.24. The minimum atomic E-state index is -4.46. The fourth-order valence-corrected chi connectivity index (χ4v) is 1.56. The zero-order valence-electron chi connectivity index (χ0n) is 8.25. The number of rotatable bonds is 4. The van der Waals surface area contributed by atoms with Crippen molar-refractivity contribution >= 4 is 7.82 Å². The van der Waals surface area contributed by atoms with Gasteiger partial charge in [-0.1, -0.05) is 18.2 Å². The van der Waals surface area contributed by atoms with E-state index < -0.39 is 7.82 Å². The highest BCUT2D eigenvalue weighted by atomic mass is 31.2. The third-order valence-corrected chi connectivity index (χ3v) is 2.52. The van der Waals surface area contributed by atoms with E-state index in [0.29, 0.717) is 11.1 Å². The first-order valence-electron chi connectivity index (χ1n) is 4.32. The summed E-state index contributed by atoms with van der Waals surface area (Å²) < 4.78 is 14.9. The fraction of sp³-hybridized carbons (Fsp3) is 0.333. The largest absolute Gasteiger partial charge is 0.469 e. The van der Waals surface area contributed by atoms with Gasteiger partial charge < -0.3 is 14.9 Å². The summed E-state index contributed by atoms with van der Waals surface area (Å²) in [5.41, 5.74) is 2.06. The highest BCUT2D eigenvalue weighted by Gasteiger charge is 2.15. The molecule has 0 saturated heterocycles. The van der Waals surface area contributed by atoms with Gasteiger partial charge in [-0.25, -0.2) is 4.57 Å². The highest BCUT2D eigenvalue weighted by Crippen LogP contribution is 2.37. The minimum absolute atomic E-state index is 0.179. The molecule has 84 valence electrons. The lowest BCUT2D eigenvalue weighted by atomic mass is 10.0. The summed E-state index contributed by atoms with van der Waals surface area (Å²) in [6.45, 7) is 1.41. The molecule has 0 atom stereocenters. The SMILES string of the molecule is Cc1cccc(CO)c1COP(=O)(O)O. The molecule has 0 unspecified atom stereocenters. The Morgan fingerprint density at radius 1 is 1.40 bits per heavy atom. The minimum Gasteiger partial charge on any atom is -0.392 e. The standard InChI is InChI=1S/C9H13O5P/c1-7-3-2-4-8(5-10)9(7)6-14-15(11,12)13/h2-4,10H,5-6H2,1H3,(H2,11,12,13). The molecule has 0 aliphatic heterocycles. The molecule has 3 N–H and O–H groups in total. The van der Waals surface area contributed by atoms with Gasteiger partial charge >= 0.3 is 7.82 Å². The number of phosphoric acid groups is 1. The van der Waals surface area contributed by atoms with Crippen molar-refractivity contribution in [2.45, 2.75) is 20.1 Å². The first-order valence-corrected chi connectivity index (χ1v) is 5.85. The molecular formula is C9H13O5P. The second-order valence-corrected chi connectivity index (χ2v) is 4.37. The van der Waals surface area contributed by atoms with E-state index in [4.69, 9.17) is 14.9 Å². The highest BCUT2D eigenvalue weighted by molar-refractivity contribution is 7.46. The monoisotopic (exact) mass is 232 g/mol. The van der Waals surface area contributed by atoms with E-state index in [1.54, 1.807) is 25.1 Å². The molecule has 1 aromatic rings. The maximum atomic E-state index is 10.5. The number of hydrogen-bond acceptors (Lipinski definition) is 3. The van der Waals surface area contributed by atoms with Crippen LogP contribution in [0.3, 0.4) is 0 Å². The summed E-state index contributed by atoms with van der Waals surface area (Å²) in [5, 5.41) is 9.02. The molecule has 0 heterocycles. The molecule has 0 aliphatic rings. The van der Waals surface area contributed by atoms with Gasteiger partial charge in [-0.3, -0.25) is 4.52 Å². The molecule has 0 aromatic heterocycles. The van der Waals surface area contributed by atoms with Crippen LogP contribution < -0.4 is 0 Å². The molecule has 0 saturated carbocycles. The molecule has 0 radical (unpaired) electrons. The average molecular weight is 232 g/mol. The lowest BCUT2D eigenvalue weighted by Gasteiger charge is -2.11. The van der Waals surface area contributed by atoms with Gasteiger partial charge in [-0.15, -0.1) is 0 Å². The Hall–Kier alpha value is -0.710. The van der Waals surface area contributed by atoms with Crippen LogP contribution in [-0.2, 0) is 22.3 Å². The molecule has 1 rings (SSSR count). The van der Waals surface area contributed by atoms with E-state index in [1.165, 1.54) is 0 Å². The third kappa shape index (κ3) is 3.74. The number of aliphatic hydroxyl groups is 1. The second kappa shape index (κ2) is 4.88. The summed E-state index contributed by atoms with van der Waals surface area (Å²) in [7, 11) is -4.46. The van der Waals surface area contributed by atoms with Crippen LogP contribution in [0.5, 0.6) is 0 Å². The average Bonchev–Trinajstić information content (AvgIpc) is 2.14. The van der Waals surface area contributed by atoms with Gasteiger partial charge in [0.05, 0.1) is 13.2 Å². The third-order valence-electron chi connectivity index (χ3n) is 2.05. The Balaban J connectivity index is 2.88. The molecule has 0 aliphatic carbocycles. The van der Waals surface area contributed by atoms with Crippen LogP contribution in [0.15, 0.2) is 18.2 Å². The van der Waals surface area contributed by atoms with Crippen LogP contribution in [0.2, 0.25) is 0 Å². The maximum absolute atomic E-state index is 10.5. The summed E-state index contributed by atoms with van der Waals surface area (Å²) >= 11 is 0. The van der Waals surface area contributed by atoms with Crippen LogP contribution in [-0.4, -0.2) is 14.9 Å². The van der Waals surface area contributed by atoms with Crippen molar-refractivity contribution in [3.8, 4) is 0 Å². The fourth-order valence-electron chi connectivity index (χ4n) is 1.27. The summed E-state index contributed by atoms with van der Waals surface area (Å²) in [5.74, 6) is 0. The second-order valence-electron chi connectivity index (χ2n) is 3.13. The predicted octanol–water partition coefficient (Wildman–Crippen LogP) is 1.10. The zero-order valence-corrected chi connectivity index (χ0v) is 9.15. The topological polar surface area (TPSA) is 87.0 Å². The Labute approximate surface area is 87.6 Å². The van der Waals surface area contributed by atoms with Crippen molar-refractivity contribution in [2.75, 3.05) is 0 Å². The Bertz CT molecular complexity index is 384. The quantitative estimate of drug-likeness (QED) is 0.676. The maximum Gasteiger partial charge on any atom is 0.469 e. The van der Waals surface area contributed by atoms with Crippen LogP contribution in [0.25, 0.3) is 0 Å². The van der Waals surface area contributed by atoms with E-state index in [1.807, 2.05) is 0 Å². The Kier molecular flexibility index (Phi) is 4.02. The molecule has 15 heavy (non-hydrogen) atoms. The zero-order chi connectivity index (χ0) is 11.5. The van der Waals surface area contributed by atoms with Crippen LogP contribution in [0.4, 0.5) is 0 Å². The molecule has 0 spiro atoms. The first kappa shape index (κ1) is 12.4. The van der Waals surface area contributed by atoms with Crippen molar-refractivity contribution < 1.29 is 24.0 Å². The van der Waals surface area contributed by atoms with Gasteiger partial charge in [0.25, 0.3) is 0 Å². The van der Waals surface area contributed by atoms with E-state index in [2.05, 4.69) is 4.52 Å². The summed E-state index contributed by atoms with van der Waals surface area (Å²) in [4.78, 5) is 17.1. The number of aliphatic hydroxyl groups excluding tert-OH is 1. The van der Waals surface area contributed by atoms with Crippen molar-refractivity contribution in [3.05, 3.63) is 34.9 Å². The molecule has 5 nitrogen and oxygen atoms in total. The van der Waals surface area contributed by atoms with Crippen molar-refractivity contribution in [1.82, 2.24) is 0 Å². The first-order chi connectivity index (χ1) is 6.94. The van der Waals surface area contributed by atoms with Gasteiger partial charge in [-0.05, 0) is 23.6 Å². The number of aryl methyl sites for hydroxylation is 1. The van der Waals surface area contributed by atoms with E-state index in [9.17, 15) is 4.57 Å². The van der Waals surface area contributed by atoms with Gasteiger partial charge in [-0.2, -0.15) is 0 Å². The molecular weight excluding hydrogens is 219 g/mol. The van der Waals surface area contributed by atoms with Gasteiger partial charge in [0.2, 0.25) is 0 Å². The predicted molar refractivity (Wildman–Crippen MR) is 53.9 cm³/mol. The molecule has 1 aromatic carbocycles. The van der Waals surface area contributed by atoms with Crippen molar-refractivity contribution in [3.63, 3.8) is 0 Å². The number of benzene rings is 1.